The fourth-order valence-corrected chi connectivity index (χ4v) is 2.56. The van der Waals surface area contributed by atoms with Gasteiger partial charge in [-0.15, -0.1) is 0 Å². The van der Waals surface area contributed by atoms with E-state index in [9.17, 15) is 0 Å². The van der Waals surface area contributed by atoms with E-state index in [0.717, 1.165) is 17.8 Å². The molecule has 1 rings (SSSR count). The summed E-state index contributed by atoms with van der Waals surface area (Å²) in [5.74, 6) is 5.71. The minimum absolute atomic E-state index is 0.194. The second-order valence-corrected chi connectivity index (χ2v) is 5.66. The standard InChI is InChI=1S/C16H30N4/c1-4-5-6-7-8-9-10-11-16(18-17)15-12-13(2)19-20-14(15)3/h12,16,18H,4-11,17H2,1-3H3. The zero-order chi connectivity index (χ0) is 14.8. The molecule has 0 aliphatic heterocycles. The number of rotatable bonds is 10. The van der Waals surface area contributed by atoms with E-state index >= 15 is 0 Å². The van der Waals surface area contributed by atoms with Gasteiger partial charge in [-0.1, -0.05) is 51.9 Å². The van der Waals surface area contributed by atoms with Gasteiger partial charge >= 0.3 is 0 Å². The second kappa shape index (κ2) is 9.83. The molecule has 1 unspecified atom stereocenters. The average Bonchev–Trinajstić information content (AvgIpc) is 2.45. The molecule has 0 radical (unpaired) electrons. The lowest BCUT2D eigenvalue weighted by atomic mass is 9.99. The number of aromatic nitrogens is 2. The summed E-state index contributed by atoms with van der Waals surface area (Å²) in [4.78, 5) is 0. The van der Waals surface area contributed by atoms with Gasteiger partial charge in [0.05, 0.1) is 11.4 Å². The van der Waals surface area contributed by atoms with Gasteiger partial charge in [-0.05, 0) is 31.9 Å². The number of hydrogen-bond donors (Lipinski definition) is 2. The first-order valence-corrected chi connectivity index (χ1v) is 7.96. The maximum Gasteiger partial charge on any atom is 0.0648 e. The Balaban J connectivity index is 2.34. The lowest BCUT2D eigenvalue weighted by Gasteiger charge is -2.18. The minimum atomic E-state index is 0.194. The van der Waals surface area contributed by atoms with Gasteiger partial charge in [0.15, 0.2) is 0 Å². The maximum absolute atomic E-state index is 5.71. The zero-order valence-corrected chi connectivity index (χ0v) is 13.3. The summed E-state index contributed by atoms with van der Waals surface area (Å²) < 4.78 is 0. The number of aryl methyl sites for hydroxylation is 2. The third-order valence-electron chi connectivity index (χ3n) is 3.81. The highest BCUT2D eigenvalue weighted by atomic mass is 15.2. The molecule has 0 spiro atoms. The summed E-state index contributed by atoms with van der Waals surface area (Å²) in [7, 11) is 0. The lowest BCUT2D eigenvalue weighted by molar-refractivity contribution is 0.471. The second-order valence-electron chi connectivity index (χ2n) is 5.66. The Morgan fingerprint density at radius 3 is 2.35 bits per heavy atom. The first kappa shape index (κ1) is 17.1. The van der Waals surface area contributed by atoms with Crippen molar-refractivity contribution >= 4 is 0 Å². The SMILES string of the molecule is CCCCCCCCCC(NN)c1cc(C)nnc1C. The Morgan fingerprint density at radius 1 is 1.05 bits per heavy atom. The number of nitrogens with one attached hydrogen (secondary N) is 1. The van der Waals surface area contributed by atoms with Crippen LogP contribution in [-0.4, -0.2) is 10.2 Å². The predicted molar refractivity (Wildman–Crippen MR) is 84.2 cm³/mol. The third kappa shape index (κ3) is 5.97. The van der Waals surface area contributed by atoms with Crippen molar-refractivity contribution < 1.29 is 0 Å². The molecule has 0 aromatic carbocycles. The van der Waals surface area contributed by atoms with E-state index < -0.39 is 0 Å². The lowest BCUT2D eigenvalue weighted by Crippen LogP contribution is -2.29. The van der Waals surface area contributed by atoms with Gasteiger partial charge in [-0.3, -0.25) is 11.3 Å². The first-order valence-electron chi connectivity index (χ1n) is 7.96. The highest BCUT2D eigenvalue weighted by Crippen LogP contribution is 2.22. The largest absolute Gasteiger partial charge is 0.271 e. The van der Waals surface area contributed by atoms with Crippen molar-refractivity contribution in [3.63, 3.8) is 0 Å². The molecular formula is C16H30N4. The van der Waals surface area contributed by atoms with Crippen molar-refractivity contribution in [2.45, 2.75) is 78.2 Å². The van der Waals surface area contributed by atoms with Crippen LogP contribution in [0, 0.1) is 13.8 Å². The molecule has 1 atom stereocenters. The molecule has 0 amide bonds. The van der Waals surface area contributed by atoms with E-state index in [1.807, 2.05) is 13.8 Å². The molecule has 0 aliphatic carbocycles. The fourth-order valence-electron chi connectivity index (χ4n) is 2.56. The van der Waals surface area contributed by atoms with E-state index in [-0.39, 0.29) is 6.04 Å². The van der Waals surface area contributed by atoms with E-state index in [4.69, 9.17) is 5.84 Å². The van der Waals surface area contributed by atoms with E-state index in [2.05, 4.69) is 28.6 Å². The molecule has 20 heavy (non-hydrogen) atoms. The van der Waals surface area contributed by atoms with Crippen molar-refractivity contribution in [3.8, 4) is 0 Å². The van der Waals surface area contributed by atoms with Gasteiger partial charge in [0.25, 0.3) is 0 Å². The molecule has 0 saturated heterocycles. The number of nitrogens with zero attached hydrogens (tertiary/aromatic N) is 2. The minimum Gasteiger partial charge on any atom is -0.271 e. The van der Waals surface area contributed by atoms with Crippen molar-refractivity contribution in [1.82, 2.24) is 15.6 Å². The Kier molecular flexibility index (Phi) is 8.38. The average molecular weight is 278 g/mol. The van der Waals surface area contributed by atoms with Crippen LogP contribution in [-0.2, 0) is 0 Å². The molecule has 0 aliphatic rings. The van der Waals surface area contributed by atoms with Crippen molar-refractivity contribution in [1.29, 1.82) is 0 Å². The number of hydrogen-bond acceptors (Lipinski definition) is 4. The first-order chi connectivity index (χ1) is 9.69. The normalized spacial score (nSPS) is 12.6. The zero-order valence-electron chi connectivity index (χ0n) is 13.3. The monoisotopic (exact) mass is 278 g/mol. The van der Waals surface area contributed by atoms with Crippen molar-refractivity contribution in [3.05, 3.63) is 23.0 Å². The third-order valence-corrected chi connectivity index (χ3v) is 3.81. The van der Waals surface area contributed by atoms with Crippen molar-refractivity contribution in [2.75, 3.05) is 0 Å². The molecular weight excluding hydrogens is 248 g/mol. The maximum atomic E-state index is 5.71. The molecule has 4 heteroatoms. The molecule has 1 aromatic rings. The number of hydrazine groups is 1. The van der Waals surface area contributed by atoms with Crippen LogP contribution in [0.3, 0.4) is 0 Å². The molecule has 114 valence electrons. The number of unbranched alkanes of at least 4 members (excludes halogenated alkanes) is 6. The molecule has 4 nitrogen and oxygen atoms in total. The number of nitrogens with two attached hydrogens (primary N) is 1. The Labute approximate surface area is 123 Å². The van der Waals surface area contributed by atoms with Crippen LogP contribution in [0.15, 0.2) is 6.07 Å². The summed E-state index contributed by atoms with van der Waals surface area (Å²) in [6, 6.07) is 2.29. The Morgan fingerprint density at radius 2 is 1.70 bits per heavy atom. The van der Waals surface area contributed by atoms with Crippen LogP contribution in [0.5, 0.6) is 0 Å². The fraction of sp³-hybridized carbons (Fsp3) is 0.750. The predicted octanol–water partition coefficient (Wildman–Crippen LogP) is 3.74. The summed E-state index contributed by atoms with van der Waals surface area (Å²) in [6.07, 6.45) is 10.3. The highest BCUT2D eigenvalue weighted by Gasteiger charge is 2.13. The van der Waals surface area contributed by atoms with Crippen molar-refractivity contribution in [2.24, 2.45) is 5.84 Å². The van der Waals surface area contributed by atoms with Crippen LogP contribution >= 0.6 is 0 Å². The Hall–Kier alpha value is -1.00. The molecule has 0 fully saturated rings. The van der Waals surface area contributed by atoms with Crippen LogP contribution in [0.4, 0.5) is 0 Å². The van der Waals surface area contributed by atoms with E-state index in [1.54, 1.807) is 0 Å². The van der Waals surface area contributed by atoms with Gasteiger partial charge < -0.3 is 0 Å². The van der Waals surface area contributed by atoms with Gasteiger partial charge in [-0.25, -0.2) is 0 Å². The molecule has 3 N–H and O–H groups in total. The summed E-state index contributed by atoms with van der Waals surface area (Å²) >= 11 is 0. The summed E-state index contributed by atoms with van der Waals surface area (Å²) in [6.45, 7) is 6.22. The van der Waals surface area contributed by atoms with Gasteiger partial charge in [0, 0.05) is 6.04 Å². The highest BCUT2D eigenvalue weighted by molar-refractivity contribution is 5.23. The summed E-state index contributed by atoms with van der Waals surface area (Å²) in [5, 5.41) is 8.26. The summed E-state index contributed by atoms with van der Waals surface area (Å²) in [5.41, 5.74) is 6.04. The smallest absolute Gasteiger partial charge is 0.0648 e. The molecule has 1 aromatic heterocycles. The van der Waals surface area contributed by atoms with Gasteiger partial charge in [0.1, 0.15) is 0 Å². The van der Waals surface area contributed by atoms with Gasteiger partial charge in [-0.2, -0.15) is 10.2 Å². The van der Waals surface area contributed by atoms with Crippen LogP contribution in [0.25, 0.3) is 0 Å². The van der Waals surface area contributed by atoms with Crippen LogP contribution < -0.4 is 11.3 Å². The molecule has 0 bridgehead atoms. The topological polar surface area (TPSA) is 63.8 Å². The molecule has 0 saturated carbocycles. The Bertz CT molecular complexity index is 379. The van der Waals surface area contributed by atoms with E-state index in [1.165, 1.54) is 50.5 Å². The van der Waals surface area contributed by atoms with Crippen LogP contribution in [0.2, 0.25) is 0 Å². The van der Waals surface area contributed by atoms with Gasteiger partial charge in [0.2, 0.25) is 0 Å². The molecule has 1 heterocycles. The van der Waals surface area contributed by atoms with Crippen LogP contribution in [0.1, 0.15) is 81.3 Å². The quantitative estimate of drug-likeness (QED) is 0.389. The van der Waals surface area contributed by atoms with E-state index in [0.29, 0.717) is 0 Å².